The minimum Gasteiger partial charge on any atom is -0.299 e. The third kappa shape index (κ3) is 3.28. The van der Waals surface area contributed by atoms with Gasteiger partial charge in [0.15, 0.2) is 5.78 Å². The van der Waals surface area contributed by atoms with E-state index in [1.807, 2.05) is 0 Å². The zero-order valence-electron chi connectivity index (χ0n) is 4.76. The van der Waals surface area contributed by atoms with E-state index in [1.165, 1.54) is 12.2 Å². The van der Waals surface area contributed by atoms with Crippen molar-refractivity contribution in [3.05, 3.63) is 12.2 Å². The van der Waals surface area contributed by atoms with Gasteiger partial charge in [-0.3, -0.25) is 9.59 Å². The smallest absolute Gasteiger partial charge is 0.155 e. The lowest BCUT2D eigenvalue weighted by Gasteiger charge is -1.77. The Balaban J connectivity index is 3.52. The molecule has 0 heterocycles. The van der Waals surface area contributed by atoms with Crippen LogP contribution >= 0.6 is 0 Å². The van der Waals surface area contributed by atoms with Gasteiger partial charge in [0.2, 0.25) is 0 Å². The Kier molecular flexibility index (Phi) is 3.76. The number of rotatable bonds is 3. The summed E-state index contributed by atoms with van der Waals surface area (Å²) in [5.41, 5.74) is 0. The molecular weight excluding hydrogens is 104 g/mol. The average Bonchev–Trinajstić information content (AvgIpc) is 1.83. The molecule has 0 rings (SSSR count). The van der Waals surface area contributed by atoms with Crippen LogP contribution in [0.3, 0.4) is 0 Å². The van der Waals surface area contributed by atoms with Gasteiger partial charge in [-0.2, -0.15) is 0 Å². The summed E-state index contributed by atoms with van der Waals surface area (Å²) >= 11 is 0. The maximum atomic E-state index is 10.3. The van der Waals surface area contributed by atoms with Gasteiger partial charge in [-0.25, -0.2) is 0 Å². The van der Waals surface area contributed by atoms with E-state index in [0.29, 0.717) is 12.7 Å². The number of allylic oxidation sites excluding steroid dienone is 2. The first-order valence-corrected chi connectivity index (χ1v) is 2.46. The number of carbonyl (C=O) groups is 2. The van der Waals surface area contributed by atoms with E-state index in [0.717, 1.165) is 0 Å². The predicted molar refractivity (Wildman–Crippen MR) is 30.5 cm³/mol. The largest absolute Gasteiger partial charge is 0.299 e. The average molecular weight is 112 g/mol. The van der Waals surface area contributed by atoms with Crippen LogP contribution in [0.1, 0.15) is 13.3 Å². The molecule has 0 aromatic rings. The second-order valence-electron chi connectivity index (χ2n) is 1.32. The molecule has 0 aromatic carbocycles. The number of aldehydes is 1. The van der Waals surface area contributed by atoms with E-state index < -0.39 is 0 Å². The lowest BCUT2D eigenvalue weighted by atomic mass is 10.3. The summed E-state index contributed by atoms with van der Waals surface area (Å²) < 4.78 is 0. The van der Waals surface area contributed by atoms with Gasteiger partial charge < -0.3 is 0 Å². The minimum atomic E-state index is -0.0166. The highest BCUT2D eigenvalue weighted by Crippen LogP contribution is 1.79. The molecule has 0 saturated carbocycles. The highest BCUT2D eigenvalue weighted by molar-refractivity contribution is 5.92. The summed E-state index contributed by atoms with van der Waals surface area (Å²) in [4.78, 5) is 19.9. The molecule has 0 atom stereocenters. The van der Waals surface area contributed by atoms with E-state index in [1.54, 1.807) is 6.92 Å². The summed E-state index contributed by atoms with van der Waals surface area (Å²) in [6.07, 6.45) is 3.52. The van der Waals surface area contributed by atoms with Crippen LogP contribution in [-0.4, -0.2) is 12.1 Å². The molecule has 0 amide bonds. The first-order chi connectivity index (χ1) is 3.81. The second-order valence-corrected chi connectivity index (χ2v) is 1.32. The molecule has 44 valence electrons. The van der Waals surface area contributed by atoms with Crippen molar-refractivity contribution in [3.8, 4) is 0 Å². The third-order valence-corrected chi connectivity index (χ3v) is 0.709. The highest BCUT2D eigenvalue weighted by atomic mass is 16.1. The summed E-state index contributed by atoms with van der Waals surface area (Å²) in [5, 5.41) is 0. The molecule has 0 aliphatic heterocycles. The van der Waals surface area contributed by atoms with Crippen LogP contribution in [0.5, 0.6) is 0 Å². The quantitative estimate of drug-likeness (QED) is 0.398. The maximum absolute atomic E-state index is 10.3. The summed E-state index contributed by atoms with van der Waals surface area (Å²) in [6.45, 7) is 1.75. The van der Waals surface area contributed by atoms with Crippen molar-refractivity contribution in [2.75, 3.05) is 0 Å². The molecule has 2 nitrogen and oxygen atoms in total. The van der Waals surface area contributed by atoms with Crippen LogP contribution in [0.4, 0.5) is 0 Å². The van der Waals surface area contributed by atoms with Gasteiger partial charge in [-0.1, -0.05) is 6.92 Å². The predicted octanol–water partition coefficient (Wildman–Crippen LogP) is 0.721. The van der Waals surface area contributed by atoms with Crippen LogP contribution in [0.15, 0.2) is 12.2 Å². The van der Waals surface area contributed by atoms with Crippen molar-refractivity contribution in [2.24, 2.45) is 0 Å². The van der Waals surface area contributed by atoms with E-state index in [4.69, 9.17) is 0 Å². The van der Waals surface area contributed by atoms with Crippen LogP contribution in [0.2, 0.25) is 0 Å². The van der Waals surface area contributed by atoms with E-state index >= 15 is 0 Å². The van der Waals surface area contributed by atoms with Gasteiger partial charge >= 0.3 is 0 Å². The molecule has 0 bridgehead atoms. The third-order valence-electron chi connectivity index (χ3n) is 0.709. The maximum Gasteiger partial charge on any atom is 0.155 e. The van der Waals surface area contributed by atoms with Crippen molar-refractivity contribution in [1.29, 1.82) is 0 Å². The van der Waals surface area contributed by atoms with Gasteiger partial charge in [0.1, 0.15) is 6.29 Å². The molecular formula is C6H8O2. The standard InChI is InChI=1S/C6H8O2/c1-2-6(8)4-3-5-7/h3-5H,2H2,1H3. The fraction of sp³-hybridized carbons (Fsp3) is 0.333. The van der Waals surface area contributed by atoms with Crippen LogP contribution < -0.4 is 0 Å². The molecule has 0 aromatic heterocycles. The van der Waals surface area contributed by atoms with Crippen LogP contribution in [0.25, 0.3) is 0 Å². The Labute approximate surface area is 48.2 Å². The molecule has 0 unspecified atom stereocenters. The molecule has 0 aliphatic rings. The Hall–Kier alpha value is -0.920. The van der Waals surface area contributed by atoms with Gasteiger partial charge in [0.25, 0.3) is 0 Å². The van der Waals surface area contributed by atoms with E-state index in [-0.39, 0.29) is 5.78 Å². The van der Waals surface area contributed by atoms with E-state index in [9.17, 15) is 9.59 Å². The Morgan fingerprint density at radius 3 is 2.62 bits per heavy atom. The van der Waals surface area contributed by atoms with Gasteiger partial charge in [-0.05, 0) is 12.2 Å². The topological polar surface area (TPSA) is 34.1 Å². The van der Waals surface area contributed by atoms with E-state index in [2.05, 4.69) is 0 Å². The lowest BCUT2D eigenvalue weighted by molar-refractivity contribution is -0.114. The van der Waals surface area contributed by atoms with Gasteiger partial charge in [0.05, 0.1) is 0 Å². The number of ketones is 1. The molecule has 0 saturated heterocycles. The molecule has 0 aliphatic carbocycles. The number of carbonyl (C=O) groups excluding carboxylic acids is 2. The number of hydrogen-bond donors (Lipinski definition) is 0. The van der Waals surface area contributed by atoms with Crippen LogP contribution in [-0.2, 0) is 9.59 Å². The van der Waals surface area contributed by atoms with Crippen molar-refractivity contribution >= 4 is 12.1 Å². The molecule has 0 spiro atoms. The SMILES string of the molecule is CCC(=O)C=CC=O. The summed E-state index contributed by atoms with van der Waals surface area (Å²) in [6, 6.07) is 0. The Morgan fingerprint density at radius 2 is 2.25 bits per heavy atom. The van der Waals surface area contributed by atoms with Crippen molar-refractivity contribution in [2.45, 2.75) is 13.3 Å². The van der Waals surface area contributed by atoms with Gasteiger partial charge in [0, 0.05) is 6.42 Å². The fourth-order valence-electron chi connectivity index (χ4n) is 0.264. The summed E-state index contributed by atoms with van der Waals surface area (Å²) in [7, 11) is 0. The molecule has 0 fully saturated rings. The van der Waals surface area contributed by atoms with Crippen LogP contribution in [0, 0.1) is 0 Å². The summed E-state index contributed by atoms with van der Waals surface area (Å²) in [5.74, 6) is -0.0166. The molecule has 0 N–H and O–H groups in total. The molecule has 8 heavy (non-hydrogen) atoms. The lowest BCUT2D eigenvalue weighted by Crippen LogP contribution is -1.86. The van der Waals surface area contributed by atoms with Gasteiger partial charge in [-0.15, -0.1) is 0 Å². The number of hydrogen-bond acceptors (Lipinski definition) is 2. The van der Waals surface area contributed by atoms with Crippen molar-refractivity contribution < 1.29 is 9.59 Å². The minimum absolute atomic E-state index is 0.0166. The molecule has 2 heteroatoms. The fourth-order valence-corrected chi connectivity index (χ4v) is 0.264. The Bertz CT molecular complexity index is 114. The first kappa shape index (κ1) is 7.08. The van der Waals surface area contributed by atoms with Crippen molar-refractivity contribution in [1.82, 2.24) is 0 Å². The zero-order valence-corrected chi connectivity index (χ0v) is 4.76. The normalized spacial score (nSPS) is 9.62. The Morgan fingerprint density at radius 1 is 1.62 bits per heavy atom. The monoisotopic (exact) mass is 112 g/mol. The van der Waals surface area contributed by atoms with Crippen molar-refractivity contribution in [3.63, 3.8) is 0 Å². The first-order valence-electron chi connectivity index (χ1n) is 2.46. The highest BCUT2D eigenvalue weighted by Gasteiger charge is 1.85. The second kappa shape index (κ2) is 4.24. The molecule has 0 radical (unpaired) electrons. The zero-order chi connectivity index (χ0) is 6.41.